The zero-order valence-corrected chi connectivity index (χ0v) is 15.2. The van der Waals surface area contributed by atoms with Gasteiger partial charge in [0.15, 0.2) is 0 Å². The van der Waals surface area contributed by atoms with Gasteiger partial charge in [-0.05, 0) is 37.0 Å². The lowest BCUT2D eigenvalue weighted by atomic mass is 9.89. The second kappa shape index (κ2) is 8.60. The van der Waals surface area contributed by atoms with Crippen LogP contribution in [0, 0.1) is 0 Å². The van der Waals surface area contributed by atoms with Crippen molar-refractivity contribution in [2.45, 2.75) is 44.4 Å². The minimum absolute atomic E-state index is 0.0782. The van der Waals surface area contributed by atoms with E-state index in [2.05, 4.69) is 25.6 Å². The minimum Gasteiger partial charge on any atom is -0.368 e. The molecule has 7 heteroatoms. The maximum absolute atomic E-state index is 11.6. The Labute approximate surface area is 153 Å². The van der Waals surface area contributed by atoms with Crippen LogP contribution in [-0.4, -0.2) is 34.5 Å². The highest BCUT2D eigenvalue weighted by Gasteiger charge is 2.19. The van der Waals surface area contributed by atoms with Crippen molar-refractivity contribution in [3.8, 4) is 0 Å². The molecule has 4 N–H and O–H groups in total. The summed E-state index contributed by atoms with van der Waals surface area (Å²) in [6.07, 6.45) is 6.80. The largest absolute Gasteiger partial charge is 0.368 e. The highest BCUT2D eigenvalue weighted by Crippen LogP contribution is 2.31. The Hall–Kier alpha value is -2.70. The van der Waals surface area contributed by atoms with Crippen molar-refractivity contribution in [2.75, 3.05) is 24.6 Å². The van der Waals surface area contributed by atoms with Crippen LogP contribution < -0.4 is 16.4 Å². The van der Waals surface area contributed by atoms with E-state index in [1.165, 1.54) is 19.3 Å². The van der Waals surface area contributed by atoms with Crippen LogP contribution in [0.1, 0.15) is 59.8 Å². The molecule has 0 spiro atoms. The number of hydrogen-bond donors (Lipinski definition) is 3. The van der Waals surface area contributed by atoms with Gasteiger partial charge in [0.1, 0.15) is 5.82 Å². The number of benzene rings is 1. The van der Waals surface area contributed by atoms with Gasteiger partial charge in [0.25, 0.3) is 5.91 Å². The quantitative estimate of drug-likeness (QED) is 0.736. The monoisotopic (exact) mass is 354 g/mol. The molecule has 1 heterocycles. The van der Waals surface area contributed by atoms with Gasteiger partial charge >= 0.3 is 0 Å². The number of carbonyl (C=O) groups excluding carboxylic acids is 1. The summed E-state index contributed by atoms with van der Waals surface area (Å²) in [6, 6.07) is 7.58. The fourth-order valence-electron chi connectivity index (χ4n) is 3.32. The highest BCUT2D eigenvalue weighted by atomic mass is 16.1. The van der Waals surface area contributed by atoms with Gasteiger partial charge in [-0.15, -0.1) is 0 Å². The van der Waals surface area contributed by atoms with E-state index in [9.17, 15) is 4.79 Å². The molecule has 1 aromatic carbocycles. The van der Waals surface area contributed by atoms with E-state index in [1.54, 1.807) is 7.05 Å². The molecule has 7 nitrogen and oxygen atoms in total. The summed E-state index contributed by atoms with van der Waals surface area (Å²) in [4.78, 5) is 24.7. The molecular formula is C19H26N6O. The van der Waals surface area contributed by atoms with Crippen molar-refractivity contribution in [1.29, 1.82) is 0 Å². The highest BCUT2D eigenvalue weighted by molar-refractivity contribution is 5.93. The average molecular weight is 354 g/mol. The number of nitrogens with one attached hydrogen (secondary N) is 2. The van der Waals surface area contributed by atoms with E-state index < -0.39 is 0 Å². The van der Waals surface area contributed by atoms with Crippen LogP contribution in [0.5, 0.6) is 0 Å². The Morgan fingerprint density at radius 1 is 1.12 bits per heavy atom. The van der Waals surface area contributed by atoms with Crippen molar-refractivity contribution in [3.05, 3.63) is 41.2 Å². The lowest BCUT2D eigenvalue weighted by Crippen LogP contribution is -2.17. The normalized spacial score (nSPS) is 14.8. The van der Waals surface area contributed by atoms with E-state index in [-0.39, 0.29) is 11.9 Å². The minimum atomic E-state index is -0.0782. The number of amides is 1. The fraction of sp³-hybridized carbons (Fsp3) is 0.474. The number of nitrogens with zero attached hydrogens (tertiary/aromatic N) is 3. The molecule has 0 saturated heterocycles. The number of nitrogens with two attached hydrogens (primary N) is 1. The molecule has 1 aliphatic rings. The molecule has 0 bridgehead atoms. The summed E-state index contributed by atoms with van der Waals surface area (Å²) < 4.78 is 0. The van der Waals surface area contributed by atoms with Crippen LogP contribution in [0.25, 0.3) is 0 Å². The SMILES string of the molecule is CNC(=O)c1ccc(CCNc2nc(N)nc(C3CCCCC3)n2)cc1. The second-order valence-corrected chi connectivity index (χ2v) is 6.66. The maximum atomic E-state index is 11.6. The van der Waals surface area contributed by atoms with Crippen molar-refractivity contribution >= 4 is 17.8 Å². The first-order valence-electron chi connectivity index (χ1n) is 9.22. The van der Waals surface area contributed by atoms with Gasteiger partial charge in [0, 0.05) is 25.1 Å². The van der Waals surface area contributed by atoms with Crippen molar-refractivity contribution in [3.63, 3.8) is 0 Å². The summed E-state index contributed by atoms with van der Waals surface area (Å²) in [7, 11) is 1.63. The third-order valence-corrected chi connectivity index (χ3v) is 4.78. The topological polar surface area (TPSA) is 106 Å². The number of rotatable bonds is 6. The number of hydrogen-bond acceptors (Lipinski definition) is 6. The number of aromatic nitrogens is 3. The van der Waals surface area contributed by atoms with Crippen molar-refractivity contribution < 1.29 is 4.79 Å². The van der Waals surface area contributed by atoms with Gasteiger partial charge in [0.05, 0.1) is 0 Å². The summed E-state index contributed by atoms with van der Waals surface area (Å²) in [5.74, 6) is 1.95. The predicted molar refractivity (Wildman–Crippen MR) is 102 cm³/mol. The lowest BCUT2D eigenvalue weighted by molar-refractivity contribution is 0.0963. The van der Waals surface area contributed by atoms with E-state index in [0.717, 1.165) is 30.7 Å². The first kappa shape index (κ1) is 18.1. The van der Waals surface area contributed by atoms with Crippen LogP contribution in [0.4, 0.5) is 11.9 Å². The van der Waals surface area contributed by atoms with Crippen LogP contribution >= 0.6 is 0 Å². The summed E-state index contributed by atoms with van der Waals surface area (Å²) >= 11 is 0. The van der Waals surface area contributed by atoms with Gasteiger partial charge in [-0.2, -0.15) is 15.0 Å². The number of anilines is 2. The molecule has 0 unspecified atom stereocenters. The van der Waals surface area contributed by atoms with E-state index >= 15 is 0 Å². The third kappa shape index (κ3) is 4.68. The maximum Gasteiger partial charge on any atom is 0.251 e. The van der Waals surface area contributed by atoms with Crippen LogP contribution in [0.2, 0.25) is 0 Å². The van der Waals surface area contributed by atoms with Gasteiger partial charge in [-0.1, -0.05) is 31.4 Å². The van der Waals surface area contributed by atoms with Crippen LogP contribution in [0.3, 0.4) is 0 Å². The molecule has 3 rings (SSSR count). The molecule has 1 amide bonds. The zero-order chi connectivity index (χ0) is 18.4. The van der Waals surface area contributed by atoms with Gasteiger partial charge in [-0.3, -0.25) is 4.79 Å². The Kier molecular flexibility index (Phi) is 5.99. The average Bonchev–Trinajstić information content (AvgIpc) is 2.68. The molecule has 0 radical (unpaired) electrons. The first-order chi connectivity index (χ1) is 12.7. The Balaban J connectivity index is 1.57. The van der Waals surface area contributed by atoms with Gasteiger partial charge in [0.2, 0.25) is 11.9 Å². The Morgan fingerprint density at radius 3 is 2.54 bits per heavy atom. The smallest absolute Gasteiger partial charge is 0.251 e. The van der Waals surface area contributed by atoms with Gasteiger partial charge < -0.3 is 16.4 Å². The fourth-order valence-corrected chi connectivity index (χ4v) is 3.32. The van der Waals surface area contributed by atoms with Gasteiger partial charge in [-0.25, -0.2) is 0 Å². The summed E-state index contributed by atoms with van der Waals surface area (Å²) in [5.41, 5.74) is 7.66. The third-order valence-electron chi connectivity index (χ3n) is 4.78. The Morgan fingerprint density at radius 2 is 1.85 bits per heavy atom. The van der Waals surface area contributed by atoms with Crippen molar-refractivity contribution in [1.82, 2.24) is 20.3 Å². The molecule has 2 aromatic rings. The van der Waals surface area contributed by atoms with Crippen LogP contribution in [-0.2, 0) is 6.42 Å². The lowest BCUT2D eigenvalue weighted by Gasteiger charge is -2.20. The molecule has 1 aliphatic carbocycles. The second-order valence-electron chi connectivity index (χ2n) is 6.66. The zero-order valence-electron chi connectivity index (χ0n) is 15.2. The summed E-state index contributed by atoms with van der Waals surface area (Å²) in [6.45, 7) is 0.687. The first-order valence-corrected chi connectivity index (χ1v) is 9.22. The predicted octanol–water partition coefficient (Wildman–Crippen LogP) is 2.52. The molecule has 1 fully saturated rings. The molecule has 0 aliphatic heterocycles. The van der Waals surface area contributed by atoms with E-state index in [4.69, 9.17) is 5.73 Å². The molecular weight excluding hydrogens is 328 g/mol. The number of carbonyl (C=O) groups is 1. The molecule has 138 valence electrons. The van der Waals surface area contributed by atoms with E-state index in [0.29, 0.717) is 24.0 Å². The molecule has 0 atom stereocenters. The van der Waals surface area contributed by atoms with Crippen molar-refractivity contribution in [2.24, 2.45) is 0 Å². The standard InChI is InChI=1S/C19H26N6O/c1-21-17(26)15-9-7-13(8-10-15)11-12-22-19-24-16(23-18(20)25-19)14-5-3-2-4-6-14/h7-10,14H,2-6,11-12H2,1H3,(H,21,26)(H3,20,22,23,24,25). The molecule has 26 heavy (non-hydrogen) atoms. The number of nitrogen functional groups attached to an aromatic ring is 1. The van der Waals surface area contributed by atoms with Crippen LogP contribution in [0.15, 0.2) is 24.3 Å². The summed E-state index contributed by atoms with van der Waals surface area (Å²) in [5, 5.41) is 5.86. The van der Waals surface area contributed by atoms with E-state index in [1.807, 2.05) is 24.3 Å². The Bertz CT molecular complexity index is 740. The molecule has 1 aromatic heterocycles. The molecule has 1 saturated carbocycles.